The number of H-pyrrole nitrogens is 1. The smallest absolute Gasteiger partial charge is 0.224 e. The van der Waals surface area contributed by atoms with Crippen LogP contribution in [0.25, 0.3) is 22.4 Å². The molecular formula is C26H28N4O3. The molecule has 0 bridgehead atoms. The normalized spacial score (nSPS) is 11.9. The molecule has 0 fully saturated rings. The molecule has 0 aliphatic rings. The van der Waals surface area contributed by atoms with Gasteiger partial charge in [-0.1, -0.05) is 42.5 Å². The molecule has 7 heteroatoms. The Morgan fingerprint density at radius 2 is 1.73 bits per heavy atom. The van der Waals surface area contributed by atoms with Crippen molar-refractivity contribution in [3.63, 3.8) is 0 Å². The number of hydrogen-bond acceptors (Lipinski definition) is 5. The van der Waals surface area contributed by atoms with Gasteiger partial charge in [-0.05, 0) is 42.0 Å². The highest BCUT2D eigenvalue weighted by molar-refractivity contribution is 5.79. The molecule has 0 aliphatic carbocycles. The van der Waals surface area contributed by atoms with Crippen molar-refractivity contribution in [2.75, 3.05) is 26.2 Å². The SMILES string of the molecule is O=C(Cc1ccccc1)NCCNCC(O)COc1ccc(-c2nc3ccccc3[nH]2)cc1. The lowest BCUT2D eigenvalue weighted by atomic mass is 10.1. The fourth-order valence-electron chi connectivity index (χ4n) is 3.45. The molecule has 4 rings (SSSR count). The van der Waals surface area contributed by atoms with E-state index < -0.39 is 6.10 Å². The number of aromatic amines is 1. The van der Waals surface area contributed by atoms with Gasteiger partial charge in [0.2, 0.25) is 5.91 Å². The molecule has 1 unspecified atom stereocenters. The molecule has 0 spiro atoms. The van der Waals surface area contributed by atoms with E-state index in [1.807, 2.05) is 78.9 Å². The molecule has 0 aliphatic heterocycles. The monoisotopic (exact) mass is 444 g/mol. The summed E-state index contributed by atoms with van der Waals surface area (Å²) in [5.41, 5.74) is 3.88. The molecule has 7 nitrogen and oxygen atoms in total. The van der Waals surface area contributed by atoms with Crippen molar-refractivity contribution in [2.24, 2.45) is 0 Å². The highest BCUT2D eigenvalue weighted by Crippen LogP contribution is 2.22. The number of imidazole rings is 1. The minimum Gasteiger partial charge on any atom is -0.491 e. The zero-order valence-electron chi connectivity index (χ0n) is 18.3. The Bertz CT molecular complexity index is 1130. The molecule has 0 saturated heterocycles. The van der Waals surface area contributed by atoms with E-state index in [1.54, 1.807) is 0 Å². The highest BCUT2D eigenvalue weighted by atomic mass is 16.5. The zero-order valence-corrected chi connectivity index (χ0v) is 18.3. The van der Waals surface area contributed by atoms with E-state index in [4.69, 9.17) is 4.74 Å². The van der Waals surface area contributed by atoms with Crippen LogP contribution >= 0.6 is 0 Å². The van der Waals surface area contributed by atoms with Crippen molar-refractivity contribution in [1.82, 2.24) is 20.6 Å². The fourth-order valence-corrected chi connectivity index (χ4v) is 3.45. The highest BCUT2D eigenvalue weighted by Gasteiger charge is 2.08. The number of benzene rings is 3. The summed E-state index contributed by atoms with van der Waals surface area (Å²) < 4.78 is 5.69. The summed E-state index contributed by atoms with van der Waals surface area (Å²) in [6.45, 7) is 1.63. The topological polar surface area (TPSA) is 99.3 Å². The number of aliphatic hydroxyl groups excluding tert-OH is 1. The minimum absolute atomic E-state index is 0.0158. The molecule has 1 atom stereocenters. The molecule has 3 aromatic carbocycles. The Labute approximate surface area is 192 Å². The van der Waals surface area contributed by atoms with Gasteiger partial charge in [0, 0.05) is 25.2 Å². The Morgan fingerprint density at radius 3 is 2.52 bits per heavy atom. The van der Waals surface area contributed by atoms with Crippen molar-refractivity contribution < 1.29 is 14.6 Å². The average molecular weight is 445 g/mol. The van der Waals surface area contributed by atoms with Gasteiger partial charge in [-0.2, -0.15) is 0 Å². The van der Waals surface area contributed by atoms with Gasteiger partial charge in [0.25, 0.3) is 0 Å². The van der Waals surface area contributed by atoms with Crippen molar-refractivity contribution in [3.05, 3.63) is 84.4 Å². The average Bonchev–Trinajstić information content (AvgIpc) is 3.28. The maximum atomic E-state index is 11.9. The van der Waals surface area contributed by atoms with Crippen LogP contribution in [0.1, 0.15) is 5.56 Å². The van der Waals surface area contributed by atoms with E-state index in [0.29, 0.717) is 31.8 Å². The third-order valence-corrected chi connectivity index (χ3v) is 5.17. The van der Waals surface area contributed by atoms with E-state index in [2.05, 4.69) is 20.6 Å². The quantitative estimate of drug-likeness (QED) is 0.267. The van der Waals surface area contributed by atoms with Crippen LogP contribution in [0.4, 0.5) is 0 Å². The number of aromatic nitrogens is 2. The molecule has 4 N–H and O–H groups in total. The predicted octanol–water partition coefficient (Wildman–Crippen LogP) is 2.92. The third-order valence-electron chi connectivity index (χ3n) is 5.17. The van der Waals surface area contributed by atoms with E-state index in [-0.39, 0.29) is 12.5 Å². The summed E-state index contributed by atoms with van der Waals surface area (Å²) in [4.78, 5) is 19.8. The second-order valence-corrected chi connectivity index (χ2v) is 7.81. The molecule has 1 amide bonds. The first kappa shape index (κ1) is 22.5. The summed E-state index contributed by atoms with van der Waals surface area (Å²) in [5, 5.41) is 16.1. The third kappa shape index (κ3) is 6.65. The molecule has 4 aromatic rings. The van der Waals surface area contributed by atoms with Gasteiger partial charge in [-0.3, -0.25) is 4.79 Å². The molecule has 0 radical (unpaired) electrons. The van der Waals surface area contributed by atoms with Crippen molar-refractivity contribution in [2.45, 2.75) is 12.5 Å². The molecule has 0 saturated carbocycles. The summed E-state index contributed by atoms with van der Waals surface area (Å²) in [5.74, 6) is 1.47. The summed E-state index contributed by atoms with van der Waals surface area (Å²) >= 11 is 0. The van der Waals surface area contributed by atoms with Gasteiger partial charge >= 0.3 is 0 Å². The van der Waals surface area contributed by atoms with Gasteiger partial charge < -0.3 is 25.5 Å². The van der Waals surface area contributed by atoms with E-state index in [9.17, 15) is 9.90 Å². The number of carbonyl (C=O) groups is 1. The van der Waals surface area contributed by atoms with E-state index in [0.717, 1.165) is 28.0 Å². The van der Waals surface area contributed by atoms with Gasteiger partial charge in [0.1, 0.15) is 24.3 Å². The predicted molar refractivity (Wildman–Crippen MR) is 129 cm³/mol. The van der Waals surface area contributed by atoms with Crippen LogP contribution in [0.2, 0.25) is 0 Å². The maximum absolute atomic E-state index is 11.9. The number of amides is 1. The van der Waals surface area contributed by atoms with Gasteiger partial charge in [-0.15, -0.1) is 0 Å². The Kier molecular flexibility index (Phi) is 7.68. The number of fused-ring (bicyclic) bond motifs is 1. The number of rotatable bonds is 11. The second-order valence-electron chi connectivity index (χ2n) is 7.81. The van der Waals surface area contributed by atoms with Crippen LogP contribution in [0.15, 0.2) is 78.9 Å². The maximum Gasteiger partial charge on any atom is 0.224 e. The lowest BCUT2D eigenvalue weighted by Gasteiger charge is -2.14. The molecule has 1 heterocycles. The van der Waals surface area contributed by atoms with Crippen LogP contribution in [-0.4, -0.2) is 53.3 Å². The lowest BCUT2D eigenvalue weighted by molar-refractivity contribution is -0.120. The van der Waals surface area contributed by atoms with E-state index in [1.165, 1.54) is 0 Å². The van der Waals surface area contributed by atoms with Gasteiger partial charge in [-0.25, -0.2) is 4.98 Å². The fraction of sp³-hybridized carbons (Fsp3) is 0.231. The Hall–Kier alpha value is -3.68. The lowest BCUT2D eigenvalue weighted by Crippen LogP contribution is -2.37. The number of ether oxygens (including phenoxy) is 1. The zero-order chi connectivity index (χ0) is 22.9. The number of nitrogens with zero attached hydrogens (tertiary/aromatic N) is 1. The summed E-state index contributed by atoms with van der Waals surface area (Å²) in [6.07, 6.45) is -0.285. The number of nitrogens with one attached hydrogen (secondary N) is 3. The minimum atomic E-state index is -0.653. The van der Waals surface area contributed by atoms with Crippen molar-refractivity contribution in [1.29, 1.82) is 0 Å². The second kappa shape index (κ2) is 11.3. The summed E-state index contributed by atoms with van der Waals surface area (Å²) in [6, 6.07) is 25.2. The van der Waals surface area contributed by atoms with Crippen LogP contribution in [0.3, 0.4) is 0 Å². The largest absolute Gasteiger partial charge is 0.491 e. The Balaban J connectivity index is 1.13. The van der Waals surface area contributed by atoms with Crippen LogP contribution in [0, 0.1) is 0 Å². The first-order valence-electron chi connectivity index (χ1n) is 11.0. The number of aliphatic hydroxyl groups is 1. The van der Waals surface area contributed by atoms with Crippen LogP contribution in [0.5, 0.6) is 5.75 Å². The van der Waals surface area contributed by atoms with Crippen molar-refractivity contribution >= 4 is 16.9 Å². The summed E-state index contributed by atoms with van der Waals surface area (Å²) in [7, 11) is 0. The number of carbonyl (C=O) groups excluding carboxylic acids is 1. The molecular weight excluding hydrogens is 416 g/mol. The molecule has 1 aromatic heterocycles. The first-order valence-corrected chi connectivity index (χ1v) is 11.0. The molecule has 170 valence electrons. The standard InChI is InChI=1S/C26H28N4O3/c31-21(17-27-14-15-28-25(32)16-19-6-2-1-3-7-19)18-33-22-12-10-20(11-13-22)26-29-23-8-4-5-9-24(23)30-26/h1-13,21,27,31H,14-18H2,(H,28,32)(H,29,30). The van der Waals surface area contributed by atoms with Gasteiger partial charge in [0.15, 0.2) is 0 Å². The van der Waals surface area contributed by atoms with E-state index >= 15 is 0 Å². The molecule has 33 heavy (non-hydrogen) atoms. The van der Waals surface area contributed by atoms with Crippen LogP contribution < -0.4 is 15.4 Å². The van der Waals surface area contributed by atoms with Crippen molar-refractivity contribution in [3.8, 4) is 17.1 Å². The Morgan fingerprint density at radius 1 is 0.970 bits per heavy atom. The van der Waals surface area contributed by atoms with Gasteiger partial charge in [0.05, 0.1) is 17.5 Å². The number of hydrogen-bond donors (Lipinski definition) is 4. The van der Waals surface area contributed by atoms with Crippen LogP contribution in [-0.2, 0) is 11.2 Å². The number of para-hydroxylation sites is 2. The first-order chi connectivity index (χ1) is 16.2.